The van der Waals surface area contributed by atoms with Crippen LogP contribution in [0, 0.1) is 0 Å². The van der Waals surface area contributed by atoms with Crippen LogP contribution in [0.4, 0.5) is 0 Å². The van der Waals surface area contributed by atoms with Crippen LogP contribution in [0.5, 0.6) is 0 Å². The lowest BCUT2D eigenvalue weighted by atomic mass is 10.1. The Hall–Kier alpha value is -3.45. The van der Waals surface area contributed by atoms with Crippen LogP contribution in [-0.4, -0.2) is 21.1 Å². The summed E-state index contributed by atoms with van der Waals surface area (Å²) >= 11 is 1.50. The van der Waals surface area contributed by atoms with Crippen LogP contribution in [0.15, 0.2) is 89.2 Å². The Balaban J connectivity index is 1.57. The van der Waals surface area contributed by atoms with Crippen LogP contribution in [0.3, 0.4) is 0 Å². The number of amidine groups is 1. The molecule has 0 radical (unpaired) electrons. The molecule has 1 aromatic heterocycles. The number of carbonyl (C=O) groups excluding carboxylic acids is 1. The van der Waals surface area contributed by atoms with Crippen LogP contribution in [0.1, 0.15) is 17.3 Å². The minimum absolute atomic E-state index is 0.169. The van der Waals surface area contributed by atoms with Gasteiger partial charge in [0.2, 0.25) is 0 Å². The Labute approximate surface area is 171 Å². The van der Waals surface area contributed by atoms with Crippen molar-refractivity contribution in [3.8, 4) is 0 Å². The molecule has 0 aliphatic carbocycles. The number of hydrogen-bond donors (Lipinski definition) is 1. The highest BCUT2D eigenvalue weighted by Gasteiger charge is 2.34. The smallest absolute Gasteiger partial charge is 0.276 e. The van der Waals surface area contributed by atoms with Gasteiger partial charge < -0.3 is 0 Å². The largest absolute Gasteiger partial charge is 0.298 e. The van der Waals surface area contributed by atoms with Gasteiger partial charge in [-0.15, -0.1) is 5.10 Å². The van der Waals surface area contributed by atoms with Crippen LogP contribution < -0.4 is 15.9 Å². The van der Waals surface area contributed by atoms with Crippen molar-refractivity contribution in [1.29, 1.82) is 0 Å². The number of para-hydroxylation sites is 1. The maximum Gasteiger partial charge on any atom is 0.276 e. The van der Waals surface area contributed by atoms with Gasteiger partial charge in [-0.05, 0) is 23.8 Å². The predicted octanol–water partition coefficient (Wildman–Crippen LogP) is 2.16. The third kappa shape index (κ3) is 3.40. The fourth-order valence-electron chi connectivity index (χ4n) is 3.37. The van der Waals surface area contributed by atoms with E-state index in [0.29, 0.717) is 10.9 Å². The molecule has 1 amide bonds. The van der Waals surface area contributed by atoms with E-state index in [2.05, 4.69) is 22.4 Å². The first-order valence-corrected chi connectivity index (χ1v) is 10.2. The number of rotatable bonds is 3. The van der Waals surface area contributed by atoms with E-state index in [4.69, 9.17) is 10.1 Å². The van der Waals surface area contributed by atoms with E-state index in [1.807, 2.05) is 54.6 Å². The highest BCUT2D eigenvalue weighted by Crippen LogP contribution is 2.30. The minimum atomic E-state index is -0.415. The molecule has 5 rings (SSSR count). The Morgan fingerprint density at radius 3 is 2.55 bits per heavy atom. The second kappa shape index (κ2) is 7.52. The van der Waals surface area contributed by atoms with Gasteiger partial charge in [-0.3, -0.25) is 20.1 Å². The van der Waals surface area contributed by atoms with Crippen LogP contribution in [0.2, 0.25) is 0 Å². The Morgan fingerprint density at radius 1 is 0.966 bits per heavy atom. The van der Waals surface area contributed by atoms with Crippen LogP contribution >= 0.6 is 11.8 Å². The summed E-state index contributed by atoms with van der Waals surface area (Å²) in [5.74, 6) is 0.550. The van der Waals surface area contributed by atoms with Gasteiger partial charge in [0.1, 0.15) is 5.70 Å². The minimum Gasteiger partial charge on any atom is -0.298 e. The molecule has 0 saturated heterocycles. The number of carbonyl (C=O) groups is 1. The molecule has 2 aliphatic heterocycles. The van der Waals surface area contributed by atoms with E-state index < -0.39 is 6.17 Å². The molecule has 2 aliphatic rings. The maximum absolute atomic E-state index is 13.1. The lowest BCUT2D eigenvalue weighted by Gasteiger charge is -2.34. The second-order valence-electron chi connectivity index (χ2n) is 6.63. The number of fused-ring (bicyclic) bond motifs is 2. The summed E-state index contributed by atoms with van der Waals surface area (Å²) < 4.78 is 0. The molecule has 1 N–H and O–H groups in total. The maximum atomic E-state index is 13.1. The Bertz CT molecular complexity index is 1210. The topological polar surface area (TPSA) is 70.0 Å². The third-order valence-electron chi connectivity index (χ3n) is 4.74. The van der Waals surface area contributed by atoms with Crippen LogP contribution in [0.25, 0.3) is 5.70 Å². The summed E-state index contributed by atoms with van der Waals surface area (Å²) in [5.41, 5.74) is 2.61. The average molecular weight is 399 g/mol. The quantitative estimate of drug-likeness (QED) is 0.733. The van der Waals surface area contributed by atoms with Gasteiger partial charge in [-0.25, -0.2) is 5.01 Å². The van der Waals surface area contributed by atoms with Gasteiger partial charge in [-0.2, -0.15) is 0 Å². The van der Waals surface area contributed by atoms with E-state index in [1.54, 1.807) is 17.4 Å². The standard InChI is InChI=1S/C22H17N5OS/c28-21-19-17-8-4-5-9-18(17)24-20(16-10-12-23-13-11-16)27(19)26-22(25-21)29-14-15-6-2-1-3-7-15/h1-13,20H,14H2,(H,25,26,28)/t20-/m1/s1. The van der Waals surface area contributed by atoms with E-state index in [9.17, 15) is 4.79 Å². The highest BCUT2D eigenvalue weighted by atomic mass is 32.2. The van der Waals surface area contributed by atoms with Gasteiger partial charge in [-0.1, -0.05) is 60.3 Å². The van der Waals surface area contributed by atoms with Crippen LogP contribution in [-0.2, 0) is 10.5 Å². The molecule has 0 unspecified atom stereocenters. The predicted molar refractivity (Wildman–Crippen MR) is 113 cm³/mol. The molecule has 3 aromatic rings. The number of thioether (sulfide) groups is 1. The summed E-state index contributed by atoms with van der Waals surface area (Å²) in [7, 11) is 0. The molecule has 0 saturated carbocycles. The van der Waals surface area contributed by atoms with E-state index in [1.165, 1.54) is 17.3 Å². The van der Waals surface area contributed by atoms with Crippen molar-refractivity contribution in [3.05, 3.63) is 101 Å². The number of amides is 1. The van der Waals surface area contributed by atoms with Gasteiger partial charge in [0.05, 0.1) is 5.36 Å². The van der Waals surface area contributed by atoms with Gasteiger partial charge in [0.15, 0.2) is 11.3 Å². The van der Waals surface area contributed by atoms with Crippen molar-refractivity contribution in [1.82, 2.24) is 15.3 Å². The molecule has 0 fully saturated rings. The van der Waals surface area contributed by atoms with Gasteiger partial charge in [0.25, 0.3) is 5.91 Å². The lowest BCUT2D eigenvalue weighted by molar-refractivity contribution is -0.116. The SMILES string of the molecule is O=C1NC(SCc2ccccc2)=NN2C1=c1ccccc1=N[C@H]2c1ccncc1. The number of pyridine rings is 1. The number of nitrogens with zero attached hydrogens (tertiary/aromatic N) is 4. The second-order valence-corrected chi connectivity index (χ2v) is 7.59. The normalized spacial score (nSPS) is 17.6. The first-order valence-electron chi connectivity index (χ1n) is 9.22. The zero-order valence-electron chi connectivity index (χ0n) is 15.4. The molecule has 0 spiro atoms. The summed E-state index contributed by atoms with van der Waals surface area (Å²) in [4.78, 5) is 22.0. The molecular formula is C22H17N5OS. The van der Waals surface area contributed by atoms with Crippen molar-refractivity contribution in [2.75, 3.05) is 0 Å². The van der Waals surface area contributed by atoms with Gasteiger partial charge >= 0.3 is 0 Å². The molecule has 1 atom stereocenters. The zero-order valence-corrected chi connectivity index (χ0v) is 16.2. The van der Waals surface area contributed by atoms with E-state index >= 15 is 0 Å². The molecule has 3 heterocycles. The van der Waals surface area contributed by atoms with Crippen molar-refractivity contribution in [2.45, 2.75) is 11.9 Å². The molecule has 0 bridgehead atoms. The number of benzene rings is 2. The van der Waals surface area contributed by atoms with E-state index in [0.717, 1.165) is 21.9 Å². The summed E-state index contributed by atoms with van der Waals surface area (Å²) in [6.45, 7) is 0. The van der Waals surface area contributed by atoms with E-state index in [-0.39, 0.29) is 5.91 Å². The fourth-order valence-corrected chi connectivity index (χ4v) is 4.18. The van der Waals surface area contributed by atoms with Crippen molar-refractivity contribution < 1.29 is 4.79 Å². The van der Waals surface area contributed by atoms with Gasteiger partial charge in [0, 0.05) is 28.9 Å². The first-order chi connectivity index (χ1) is 14.3. The zero-order chi connectivity index (χ0) is 19.6. The average Bonchev–Trinajstić information content (AvgIpc) is 2.78. The number of hydrogen-bond acceptors (Lipinski definition) is 6. The monoisotopic (exact) mass is 399 g/mol. The first kappa shape index (κ1) is 17.6. The summed E-state index contributed by atoms with van der Waals surface area (Å²) in [5, 5.41) is 11.6. The molecule has 7 heteroatoms. The molecule has 29 heavy (non-hydrogen) atoms. The van der Waals surface area contributed by atoms with Crippen molar-refractivity contribution in [2.24, 2.45) is 10.1 Å². The van der Waals surface area contributed by atoms with Crippen molar-refractivity contribution >= 4 is 28.5 Å². The number of nitrogens with one attached hydrogen (secondary N) is 1. The Kier molecular flexibility index (Phi) is 4.57. The molecule has 142 valence electrons. The molecular weight excluding hydrogens is 382 g/mol. The molecule has 2 aromatic carbocycles. The highest BCUT2D eigenvalue weighted by molar-refractivity contribution is 8.13. The number of hydrazone groups is 1. The number of aromatic nitrogens is 1. The fraction of sp³-hybridized carbons (Fsp3) is 0.0909. The summed E-state index contributed by atoms with van der Waals surface area (Å²) in [6.07, 6.45) is 3.04. The lowest BCUT2D eigenvalue weighted by Crippen LogP contribution is -2.50. The Morgan fingerprint density at radius 2 is 1.72 bits per heavy atom. The molecule has 6 nitrogen and oxygen atoms in total. The summed E-state index contributed by atoms with van der Waals surface area (Å²) in [6, 6.07) is 21.6. The third-order valence-corrected chi connectivity index (χ3v) is 5.67. The van der Waals surface area contributed by atoms with Crippen molar-refractivity contribution in [3.63, 3.8) is 0 Å².